The van der Waals surface area contributed by atoms with Crippen molar-refractivity contribution in [2.45, 2.75) is 17.3 Å². The quantitative estimate of drug-likeness (QED) is 0.876. The molecule has 0 unspecified atom stereocenters. The lowest BCUT2D eigenvalue weighted by Gasteiger charge is -2.26. The predicted molar refractivity (Wildman–Crippen MR) is 78.5 cm³/mol. The minimum absolute atomic E-state index is 0.149. The highest BCUT2D eigenvalue weighted by molar-refractivity contribution is 8.01. The van der Waals surface area contributed by atoms with Gasteiger partial charge in [0.05, 0.1) is 5.75 Å². The summed E-state index contributed by atoms with van der Waals surface area (Å²) >= 11 is 4.50. The maximum atomic E-state index is 12.1. The van der Waals surface area contributed by atoms with E-state index in [9.17, 15) is 4.79 Å². The zero-order chi connectivity index (χ0) is 13.2. The molecule has 0 aliphatic carbocycles. The topological polar surface area (TPSA) is 72.1 Å². The molecule has 2 N–H and O–H groups in total. The Labute approximate surface area is 122 Å². The number of nitrogen functional groups attached to an aromatic ring is 1. The van der Waals surface area contributed by atoms with Crippen LogP contribution in [0, 0.1) is 0 Å². The second-order valence-corrected chi connectivity index (χ2v) is 7.36. The molecule has 0 spiro atoms. The van der Waals surface area contributed by atoms with Crippen LogP contribution in [0.1, 0.15) is 10.4 Å². The van der Waals surface area contributed by atoms with Crippen molar-refractivity contribution in [1.29, 1.82) is 0 Å². The van der Waals surface area contributed by atoms with Crippen molar-refractivity contribution in [2.75, 3.05) is 18.0 Å². The second kappa shape index (κ2) is 5.48. The summed E-state index contributed by atoms with van der Waals surface area (Å²) in [6.07, 6.45) is 0.967. The van der Waals surface area contributed by atoms with Crippen molar-refractivity contribution in [2.24, 2.45) is 0 Å². The number of amides is 1. The Balaban J connectivity index is 1.57. The number of anilines is 1. The molecular formula is C11H12N4OS3. The highest BCUT2D eigenvalue weighted by Crippen LogP contribution is 2.26. The van der Waals surface area contributed by atoms with Crippen LogP contribution in [0.4, 0.5) is 5.13 Å². The molecule has 19 heavy (non-hydrogen) atoms. The van der Waals surface area contributed by atoms with Gasteiger partial charge in [0.1, 0.15) is 0 Å². The minimum Gasteiger partial charge on any atom is -0.374 e. The SMILES string of the molecule is Nc1nnc(SCC(=O)N2CCc3sccc3C2)s1. The molecule has 0 aromatic carbocycles. The molecule has 100 valence electrons. The molecule has 8 heteroatoms. The zero-order valence-corrected chi connectivity index (χ0v) is 12.5. The van der Waals surface area contributed by atoms with Crippen LogP contribution in [-0.2, 0) is 17.8 Å². The van der Waals surface area contributed by atoms with Gasteiger partial charge in [0.25, 0.3) is 0 Å². The molecule has 1 amide bonds. The van der Waals surface area contributed by atoms with Gasteiger partial charge in [-0.25, -0.2) is 0 Å². The van der Waals surface area contributed by atoms with Gasteiger partial charge in [0, 0.05) is 18.0 Å². The number of thiophene rings is 1. The molecule has 0 saturated heterocycles. The first-order valence-corrected chi connectivity index (χ1v) is 8.45. The maximum Gasteiger partial charge on any atom is 0.233 e. The number of aromatic nitrogens is 2. The third kappa shape index (κ3) is 2.90. The highest BCUT2D eigenvalue weighted by atomic mass is 32.2. The molecule has 1 aliphatic heterocycles. The summed E-state index contributed by atoms with van der Waals surface area (Å²) in [5.41, 5.74) is 6.79. The number of hydrogen-bond acceptors (Lipinski definition) is 7. The lowest BCUT2D eigenvalue weighted by Crippen LogP contribution is -2.36. The van der Waals surface area contributed by atoms with Crippen LogP contribution < -0.4 is 5.73 Å². The van der Waals surface area contributed by atoms with Gasteiger partial charge in [-0.1, -0.05) is 23.1 Å². The van der Waals surface area contributed by atoms with E-state index in [4.69, 9.17) is 5.73 Å². The molecule has 3 heterocycles. The predicted octanol–water partition coefficient (Wildman–Crippen LogP) is 1.86. The van der Waals surface area contributed by atoms with Gasteiger partial charge in [-0.05, 0) is 23.4 Å². The van der Waals surface area contributed by atoms with E-state index < -0.39 is 0 Å². The van der Waals surface area contributed by atoms with Gasteiger partial charge in [0.15, 0.2) is 4.34 Å². The van der Waals surface area contributed by atoms with E-state index in [2.05, 4.69) is 21.6 Å². The van der Waals surface area contributed by atoms with Gasteiger partial charge >= 0.3 is 0 Å². The van der Waals surface area contributed by atoms with Crippen molar-refractivity contribution in [3.8, 4) is 0 Å². The Hall–Kier alpha value is -1.12. The Morgan fingerprint density at radius 1 is 1.53 bits per heavy atom. The first kappa shape index (κ1) is 12.9. The van der Waals surface area contributed by atoms with E-state index in [0.717, 1.165) is 23.8 Å². The molecule has 0 bridgehead atoms. The summed E-state index contributed by atoms with van der Waals surface area (Å²) in [4.78, 5) is 15.5. The molecule has 5 nitrogen and oxygen atoms in total. The van der Waals surface area contributed by atoms with Crippen LogP contribution in [0.15, 0.2) is 15.8 Å². The van der Waals surface area contributed by atoms with E-state index in [0.29, 0.717) is 10.9 Å². The van der Waals surface area contributed by atoms with Crippen LogP contribution in [0.25, 0.3) is 0 Å². The van der Waals surface area contributed by atoms with E-state index in [1.807, 2.05) is 4.90 Å². The lowest BCUT2D eigenvalue weighted by molar-refractivity contribution is -0.129. The largest absolute Gasteiger partial charge is 0.374 e. The molecule has 0 saturated carbocycles. The monoisotopic (exact) mass is 312 g/mol. The van der Waals surface area contributed by atoms with Crippen LogP contribution >= 0.6 is 34.4 Å². The molecule has 2 aromatic heterocycles. The summed E-state index contributed by atoms with van der Waals surface area (Å²) in [5.74, 6) is 0.546. The van der Waals surface area contributed by atoms with Crippen molar-refractivity contribution in [3.63, 3.8) is 0 Å². The summed E-state index contributed by atoms with van der Waals surface area (Å²) in [6.45, 7) is 1.54. The number of thioether (sulfide) groups is 1. The Morgan fingerprint density at radius 2 is 2.42 bits per heavy atom. The summed E-state index contributed by atoms with van der Waals surface area (Å²) in [5, 5.41) is 10.2. The molecular weight excluding hydrogens is 300 g/mol. The average Bonchev–Trinajstić information content (AvgIpc) is 3.03. The second-order valence-electron chi connectivity index (χ2n) is 4.13. The van der Waals surface area contributed by atoms with Crippen molar-refractivity contribution >= 4 is 45.5 Å². The third-order valence-corrected chi connectivity index (χ3v) is 5.80. The number of fused-ring (bicyclic) bond motifs is 1. The van der Waals surface area contributed by atoms with E-state index in [-0.39, 0.29) is 5.91 Å². The summed E-state index contributed by atoms with van der Waals surface area (Å²) in [6, 6.07) is 2.11. The van der Waals surface area contributed by atoms with Crippen LogP contribution in [0.2, 0.25) is 0 Å². The first-order valence-electron chi connectivity index (χ1n) is 5.77. The van der Waals surface area contributed by atoms with E-state index in [1.54, 1.807) is 11.3 Å². The maximum absolute atomic E-state index is 12.1. The number of rotatable bonds is 3. The lowest BCUT2D eigenvalue weighted by atomic mass is 10.1. The van der Waals surface area contributed by atoms with E-state index in [1.165, 1.54) is 33.5 Å². The van der Waals surface area contributed by atoms with Crippen LogP contribution in [0.3, 0.4) is 0 Å². The van der Waals surface area contributed by atoms with Crippen molar-refractivity contribution in [1.82, 2.24) is 15.1 Å². The number of carbonyl (C=O) groups excluding carboxylic acids is 1. The highest BCUT2D eigenvalue weighted by Gasteiger charge is 2.21. The molecule has 1 aliphatic rings. The fraction of sp³-hybridized carbons (Fsp3) is 0.364. The van der Waals surface area contributed by atoms with Crippen molar-refractivity contribution in [3.05, 3.63) is 21.9 Å². The third-order valence-electron chi connectivity index (χ3n) is 2.90. The van der Waals surface area contributed by atoms with Gasteiger partial charge in [-0.2, -0.15) is 0 Å². The molecule has 0 radical (unpaired) electrons. The Kier molecular flexibility index (Phi) is 3.72. The Bertz CT molecular complexity index is 594. The number of nitrogens with two attached hydrogens (primary N) is 1. The smallest absolute Gasteiger partial charge is 0.233 e. The fourth-order valence-electron chi connectivity index (χ4n) is 1.95. The van der Waals surface area contributed by atoms with E-state index >= 15 is 0 Å². The normalized spacial score (nSPS) is 14.4. The molecule has 0 fully saturated rings. The van der Waals surface area contributed by atoms with Crippen LogP contribution in [0.5, 0.6) is 0 Å². The summed E-state index contributed by atoms with van der Waals surface area (Å²) in [7, 11) is 0. The molecule has 2 aromatic rings. The fourth-order valence-corrected chi connectivity index (χ4v) is 4.38. The molecule has 0 atom stereocenters. The minimum atomic E-state index is 0.149. The number of carbonyl (C=O) groups is 1. The number of nitrogens with zero attached hydrogens (tertiary/aromatic N) is 3. The Morgan fingerprint density at radius 3 is 3.21 bits per heavy atom. The van der Waals surface area contributed by atoms with Crippen LogP contribution in [-0.4, -0.2) is 33.3 Å². The van der Waals surface area contributed by atoms with Crippen molar-refractivity contribution < 1.29 is 4.79 Å². The van der Waals surface area contributed by atoms with Gasteiger partial charge in [0.2, 0.25) is 11.0 Å². The molecule has 3 rings (SSSR count). The number of hydrogen-bond donors (Lipinski definition) is 1. The van der Waals surface area contributed by atoms with Gasteiger partial charge < -0.3 is 10.6 Å². The standard InChI is InChI=1S/C11H12N4OS3/c12-10-13-14-11(19-10)18-6-9(16)15-3-1-8-7(5-15)2-4-17-8/h2,4H,1,3,5-6H2,(H2,12,13). The zero-order valence-electron chi connectivity index (χ0n) is 10.0. The average molecular weight is 312 g/mol. The van der Waals surface area contributed by atoms with Gasteiger partial charge in [-0.15, -0.1) is 21.5 Å². The first-order chi connectivity index (χ1) is 9.22. The van der Waals surface area contributed by atoms with Gasteiger partial charge in [-0.3, -0.25) is 4.79 Å². The summed E-state index contributed by atoms with van der Waals surface area (Å²) < 4.78 is 0.749.